The van der Waals surface area contributed by atoms with Crippen LogP contribution in [0.2, 0.25) is 0 Å². The summed E-state index contributed by atoms with van der Waals surface area (Å²) in [5.41, 5.74) is 0.380. The van der Waals surface area contributed by atoms with Crippen molar-refractivity contribution in [1.82, 2.24) is 4.90 Å². The average Bonchev–Trinajstić information content (AvgIpc) is 2.75. The van der Waals surface area contributed by atoms with E-state index in [0.717, 1.165) is 32.2 Å². The maximum Gasteiger partial charge on any atom is 0.490 e. The molecule has 2 heterocycles. The summed E-state index contributed by atoms with van der Waals surface area (Å²) in [4.78, 5) is 23.7. The highest BCUT2D eigenvalue weighted by Crippen LogP contribution is 2.43. The zero-order valence-corrected chi connectivity index (χ0v) is 18.6. The molecule has 1 aliphatic carbocycles. The molecule has 4 N–H and O–H groups in total. The van der Waals surface area contributed by atoms with Crippen molar-refractivity contribution in [3.63, 3.8) is 0 Å². The lowest BCUT2D eigenvalue weighted by Gasteiger charge is -2.34. The second-order valence-electron chi connectivity index (χ2n) is 8.91. The summed E-state index contributed by atoms with van der Waals surface area (Å²) in [5.74, 6) is -2.69. The highest BCUT2D eigenvalue weighted by atomic mass is 19.4. The van der Waals surface area contributed by atoms with Crippen LogP contribution in [0.1, 0.15) is 61.7 Å². The van der Waals surface area contributed by atoms with Gasteiger partial charge >= 0.3 is 12.1 Å². The number of piperidine rings is 1. The quantitative estimate of drug-likeness (QED) is 0.505. The Labute approximate surface area is 193 Å². The van der Waals surface area contributed by atoms with Gasteiger partial charge in [-0.25, -0.2) is 4.79 Å². The van der Waals surface area contributed by atoms with Gasteiger partial charge in [-0.05, 0) is 32.9 Å². The fraction of sp³-hybridized carbons (Fsp3) is 0.565. The van der Waals surface area contributed by atoms with Crippen LogP contribution < -0.4 is 5.43 Å². The van der Waals surface area contributed by atoms with Gasteiger partial charge in [-0.1, -0.05) is 19.3 Å². The number of aliphatic hydroxyl groups excluding tert-OH is 1. The molecule has 11 heteroatoms. The van der Waals surface area contributed by atoms with Crippen molar-refractivity contribution < 1.29 is 42.8 Å². The van der Waals surface area contributed by atoms with E-state index in [1.165, 1.54) is 18.6 Å². The first-order chi connectivity index (χ1) is 15.9. The molecule has 2 aliphatic rings. The van der Waals surface area contributed by atoms with E-state index >= 15 is 0 Å². The van der Waals surface area contributed by atoms with Crippen LogP contribution in [0.5, 0.6) is 11.5 Å². The predicted molar refractivity (Wildman–Crippen MR) is 116 cm³/mol. The number of aliphatic carboxylic acids is 1. The van der Waals surface area contributed by atoms with Gasteiger partial charge in [0.15, 0.2) is 5.43 Å². The molecule has 2 atom stereocenters. The highest BCUT2D eigenvalue weighted by molar-refractivity contribution is 5.88. The van der Waals surface area contributed by atoms with Crippen LogP contribution in [0.4, 0.5) is 13.2 Å². The monoisotopic (exact) mass is 487 g/mol. The molecule has 0 spiro atoms. The molecule has 1 saturated carbocycles. The third kappa shape index (κ3) is 5.64. The number of halogens is 3. The molecular formula is C23H28F3NO7. The molecule has 1 aromatic carbocycles. The standard InChI is InChI=1S/C21H27NO5.C2HF3O2/c1-22-8-7-13(17(26)11-22)19-14(23)9-15(24)20-16(25)10-18(27-21(19)20)12-5-3-2-4-6-12;3-2(4,5)1(6)7/h9-10,12-13,17,23-24,26H,2-8,11H2,1H3;(H,6,7)/t13-,17+;/m0./s1. The number of carboxylic acids is 1. The number of hydrogen-bond acceptors (Lipinski definition) is 7. The van der Waals surface area contributed by atoms with E-state index < -0.39 is 18.2 Å². The van der Waals surface area contributed by atoms with Crippen LogP contribution in [0, 0.1) is 0 Å². The molecule has 2 fully saturated rings. The number of nitrogens with zero attached hydrogens (tertiary/aromatic N) is 1. The second-order valence-corrected chi connectivity index (χ2v) is 8.91. The molecule has 0 unspecified atom stereocenters. The van der Waals surface area contributed by atoms with Gasteiger partial charge in [0.1, 0.15) is 28.2 Å². The Balaban J connectivity index is 0.000000406. The van der Waals surface area contributed by atoms with E-state index in [1.54, 1.807) is 0 Å². The van der Waals surface area contributed by atoms with Crippen molar-refractivity contribution in [2.45, 2.75) is 62.6 Å². The van der Waals surface area contributed by atoms with Crippen LogP contribution in [-0.2, 0) is 4.79 Å². The molecule has 1 saturated heterocycles. The normalized spacial score (nSPS) is 22.3. The number of aliphatic hydroxyl groups is 1. The number of fused-ring (bicyclic) bond motifs is 1. The third-order valence-corrected chi connectivity index (χ3v) is 6.42. The summed E-state index contributed by atoms with van der Waals surface area (Å²) >= 11 is 0. The molecule has 34 heavy (non-hydrogen) atoms. The van der Waals surface area contributed by atoms with Crippen LogP contribution in [0.15, 0.2) is 21.3 Å². The maximum atomic E-state index is 12.8. The summed E-state index contributed by atoms with van der Waals surface area (Å²) < 4.78 is 37.9. The van der Waals surface area contributed by atoms with Crippen molar-refractivity contribution in [2.24, 2.45) is 0 Å². The molecule has 8 nitrogen and oxygen atoms in total. The van der Waals surface area contributed by atoms with Gasteiger partial charge in [0.05, 0.1) is 6.10 Å². The number of alkyl halides is 3. The molecule has 188 valence electrons. The van der Waals surface area contributed by atoms with E-state index in [2.05, 4.69) is 0 Å². The van der Waals surface area contributed by atoms with E-state index in [9.17, 15) is 33.3 Å². The lowest BCUT2D eigenvalue weighted by molar-refractivity contribution is -0.192. The van der Waals surface area contributed by atoms with Crippen molar-refractivity contribution >= 4 is 16.9 Å². The Morgan fingerprint density at radius 1 is 1.09 bits per heavy atom. The topological polar surface area (TPSA) is 131 Å². The minimum atomic E-state index is -5.08. The zero-order valence-electron chi connectivity index (χ0n) is 18.6. The molecule has 1 aliphatic heterocycles. The molecule has 0 amide bonds. The maximum absolute atomic E-state index is 12.8. The third-order valence-electron chi connectivity index (χ3n) is 6.42. The molecule has 0 radical (unpaired) electrons. The Morgan fingerprint density at radius 2 is 1.71 bits per heavy atom. The Morgan fingerprint density at radius 3 is 2.26 bits per heavy atom. The lowest BCUT2D eigenvalue weighted by atomic mass is 9.84. The fourth-order valence-corrected chi connectivity index (χ4v) is 4.71. The van der Waals surface area contributed by atoms with Crippen LogP contribution in [0.3, 0.4) is 0 Å². The number of phenols is 2. The van der Waals surface area contributed by atoms with Gasteiger partial charge in [0, 0.05) is 36.1 Å². The number of rotatable bonds is 2. The van der Waals surface area contributed by atoms with Crippen LogP contribution in [-0.4, -0.2) is 63.7 Å². The Bertz CT molecular complexity index is 1090. The van der Waals surface area contributed by atoms with Crippen molar-refractivity contribution in [3.8, 4) is 11.5 Å². The average molecular weight is 487 g/mol. The largest absolute Gasteiger partial charge is 0.507 e. The van der Waals surface area contributed by atoms with Gasteiger partial charge in [-0.3, -0.25) is 4.79 Å². The fourth-order valence-electron chi connectivity index (χ4n) is 4.71. The van der Waals surface area contributed by atoms with Crippen molar-refractivity contribution in [2.75, 3.05) is 20.1 Å². The van der Waals surface area contributed by atoms with E-state index in [4.69, 9.17) is 14.3 Å². The number of aromatic hydroxyl groups is 2. The summed E-state index contributed by atoms with van der Waals surface area (Å²) in [6.45, 7) is 1.26. The first-order valence-corrected chi connectivity index (χ1v) is 11.1. The van der Waals surface area contributed by atoms with Gasteiger partial charge in [-0.15, -0.1) is 0 Å². The van der Waals surface area contributed by atoms with Crippen molar-refractivity contribution in [1.29, 1.82) is 0 Å². The van der Waals surface area contributed by atoms with Crippen LogP contribution in [0.25, 0.3) is 11.0 Å². The highest BCUT2D eigenvalue weighted by Gasteiger charge is 2.38. The van der Waals surface area contributed by atoms with Gasteiger partial charge in [0.25, 0.3) is 0 Å². The number of benzene rings is 1. The number of likely N-dealkylation sites (tertiary alicyclic amines) is 1. The number of likely N-dealkylation sites (N-methyl/N-ethyl adjacent to an activating group) is 1. The van der Waals surface area contributed by atoms with E-state index in [-0.39, 0.29) is 39.7 Å². The molecule has 4 rings (SSSR count). The number of phenolic OH excluding ortho intramolecular Hbond substituents is 2. The molecular weight excluding hydrogens is 459 g/mol. The summed E-state index contributed by atoms with van der Waals surface area (Å²) in [6.07, 6.45) is 0.254. The Hall–Kier alpha value is -2.79. The first-order valence-electron chi connectivity index (χ1n) is 11.1. The number of carbonyl (C=O) groups is 1. The number of hydrogen-bond donors (Lipinski definition) is 4. The first kappa shape index (κ1) is 25.8. The summed E-state index contributed by atoms with van der Waals surface area (Å²) in [5, 5.41) is 38.7. The smallest absolute Gasteiger partial charge is 0.490 e. The molecule has 2 aromatic rings. The van der Waals surface area contributed by atoms with Gasteiger partial charge in [0.2, 0.25) is 0 Å². The molecule has 0 bridgehead atoms. The van der Waals surface area contributed by atoms with E-state index in [1.807, 2.05) is 11.9 Å². The SMILES string of the molecule is CN1CC[C@H](c2c(O)cc(O)c3c(=O)cc(C4CCCCC4)oc23)[C@H](O)C1.O=C(O)C(F)(F)F. The van der Waals surface area contributed by atoms with Gasteiger partial charge in [-0.2, -0.15) is 13.2 Å². The van der Waals surface area contributed by atoms with Gasteiger partial charge < -0.3 is 29.7 Å². The summed E-state index contributed by atoms with van der Waals surface area (Å²) in [7, 11) is 1.94. The van der Waals surface area contributed by atoms with Crippen LogP contribution >= 0.6 is 0 Å². The number of β-amino-alcohol motifs (C(OH)–C–C–N with tert-alkyl or cyclic N) is 1. The predicted octanol–water partition coefficient (Wildman–Crippen LogP) is 3.67. The molecule has 1 aromatic heterocycles. The minimum absolute atomic E-state index is 0.0912. The second kappa shape index (κ2) is 10.2. The number of carboxylic acid groups (broad SMARTS) is 1. The minimum Gasteiger partial charge on any atom is -0.507 e. The van der Waals surface area contributed by atoms with Crippen molar-refractivity contribution in [3.05, 3.63) is 33.7 Å². The Kier molecular flexibility index (Phi) is 7.77. The van der Waals surface area contributed by atoms with E-state index in [0.29, 0.717) is 24.3 Å². The summed E-state index contributed by atoms with van der Waals surface area (Å²) in [6, 6.07) is 2.68. The lowest BCUT2D eigenvalue weighted by Crippen LogP contribution is -2.40. The zero-order chi connectivity index (χ0) is 25.2.